The van der Waals surface area contributed by atoms with Gasteiger partial charge in [0.1, 0.15) is 0 Å². The Morgan fingerprint density at radius 1 is 1.33 bits per heavy atom. The van der Waals surface area contributed by atoms with Gasteiger partial charge in [-0.15, -0.1) is 0 Å². The van der Waals surface area contributed by atoms with E-state index in [4.69, 9.17) is 4.42 Å². The van der Waals surface area contributed by atoms with Gasteiger partial charge in [-0.3, -0.25) is 4.79 Å². The van der Waals surface area contributed by atoms with E-state index in [1.807, 2.05) is 24.3 Å². The SMILES string of the molecule is CC(=O)c1c(-c2ccco2)[nH]c2ccc(Br)cc12. The smallest absolute Gasteiger partial charge is 0.162 e. The molecule has 3 rings (SSSR count). The number of H-pyrrole nitrogens is 1. The molecule has 0 aliphatic rings. The Bertz CT molecular complexity index is 726. The third kappa shape index (κ3) is 1.69. The summed E-state index contributed by atoms with van der Waals surface area (Å²) in [6.07, 6.45) is 1.60. The number of nitrogens with one attached hydrogen (secondary N) is 1. The van der Waals surface area contributed by atoms with Gasteiger partial charge in [0.15, 0.2) is 11.5 Å². The molecule has 4 heteroatoms. The molecule has 0 unspecified atom stereocenters. The van der Waals surface area contributed by atoms with Crippen molar-refractivity contribution in [2.75, 3.05) is 0 Å². The van der Waals surface area contributed by atoms with Crippen LogP contribution in [0, 0.1) is 0 Å². The molecular weight excluding hydrogens is 294 g/mol. The molecule has 2 aromatic heterocycles. The van der Waals surface area contributed by atoms with Crippen molar-refractivity contribution in [1.82, 2.24) is 4.98 Å². The fourth-order valence-corrected chi connectivity index (χ4v) is 2.50. The van der Waals surface area contributed by atoms with E-state index in [0.717, 1.165) is 21.1 Å². The number of hydrogen-bond donors (Lipinski definition) is 1. The Hall–Kier alpha value is -1.81. The van der Waals surface area contributed by atoms with Crippen LogP contribution >= 0.6 is 15.9 Å². The molecule has 0 fully saturated rings. The molecule has 2 heterocycles. The summed E-state index contributed by atoms with van der Waals surface area (Å²) in [6, 6.07) is 9.47. The minimum absolute atomic E-state index is 0.0192. The molecule has 90 valence electrons. The highest BCUT2D eigenvalue weighted by atomic mass is 79.9. The Morgan fingerprint density at radius 2 is 2.17 bits per heavy atom. The van der Waals surface area contributed by atoms with Crippen LogP contribution in [0.1, 0.15) is 17.3 Å². The van der Waals surface area contributed by atoms with Crippen molar-refractivity contribution in [3.8, 4) is 11.5 Å². The maximum Gasteiger partial charge on any atom is 0.162 e. The molecule has 0 bridgehead atoms. The minimum Gasteiger partial charge on any atom is -0.463 e. The predicted molar refractivity (Wildman–Crippen MR) is 73.7 cm³/mol. The topological polar surface area (TPSA) is 46.0 Å². The van der Waals surface area contributed by atoms with E-state index in [0.29, 0.717) is 11.3 Å². The van der Waals surface area contributed by atoms with Crippen LogP contribution in [0.3, 0.4) is 0 Å². The minimum atomic E-state index is 0.0192. The lowest BCUT2D eigenvalue weighted by Gasteiger charge is -1.97. The van der Waals surface area contributed by atoms with Crippen LogP contribution < -0.4 is 0 Å². The number of Topliss-reactive ketones (excluding diaryl/α,β-unsaturated/α-hetero) is 1. The second kappa shape index (κ2) is 4.14. The molecular formula is C14H10BrNO2. The van der Waals surface area contributed by atoms with Crippen molar-refractivity contribution in [2.24, 2.45) is 0 Å². The molecule has 0 spiro atoms. The standard InChI is InChI=1S/C14H10BrNO2/c1-8(17)13-10-7-9(15)4-5-11(10)16-14(13)12-3-2-6-18-12/h2-7,16H,1H3. The Balaban J connectivity index is 2.38. The van der Waals surface area contributed by atoms with Gasteiger partial charge in [0, 0.05) is 15.4 Å². The number of fused-ring (bicyclic) bond motifs is 1. The number of furan rings is 1. The van der Waals surface area contributed by atoms with Crippen molar-refractivity contribution in [3.63, 3.8) is 0 Å². The van der Waals surface area contributed by atoms with E-state index >= 15 is 0 Å². The molecule has 18 heavy (non-hydrogen) atoms. The molecule has 0 saturated heterocycles. The third-order valence-electron chi connectivity index (χ3n) is 2.88. The van der Waals surface area contributed by atoms with Crippen molar-refractivity contribution >= 4 is 32.6 Å². The molecule has 0 aliphatic carbocycles. The fourth-order valence-electron chi connectivity index (χ4n) is 2.14. The van der Waals surface area contributed by atoms with Gasteiger partial charge in [-0.1, -0.05) is 15.9 Å². The highest BCUT2D eigenvalue weighted by Crippen LogP contribution is 2.32. The number of aromatic amines is 1. The zero-order valence-corrected chi connectivity index (χ0v) is 11.2. The number of carbonyl (C=O) groups is 1. The number of hydrogen-bond acceptors (Lipinski definition) is 2. The number of benzene rings is 1. The summed E-state index contributed by atoms with van der Waals surface area (Å²) in [7, 11) is 0. The van der Waals surface area contributed by atoms with Gasteiger partial charge in [-0.2, -0.15) is 0 Å². The van der Waals surface area contributed by atoms with Crippen LogP contribution in [0.25, 0.3) is 22.4 Å². The third-order valence-corrected chi connectivity index (χ3v) is 3.37. The van der Waals surface area contributed by atoms with Crippen molar-refractivity contribution in [1.29, 1.82) is 0 Å². The van der Waals surface area contributed by atoms with Crippen LogP contribution in [0.15, 0.2) is 45.5 Å². The van der Waals surface area contributed by atoms with Crippen LogP contribution in [0.4, 0.5) is 0 Å². The Labute approximate surface area is 112 Å². The average Bonchev–Trinajstić information content (AvgIpc) is 2.94. The first-order valence-corrected chi connectivity index (χ1v) is 6.32. The van der Waals surface area contributed by atoms with E-state index in [1.165, 1.54) is 0 Å². The first-order chi connectivity index (χ1) is 8.66. The van der Waals surface area contributed by atoms with Gasteiger partial charge >= 0.3 is 0 Å². The van der Waals surface area contributed by atoms with E-state index in [9.17, 15) is 4.79 Å². The number of halogens is 1. The van der Waals surface area contributed by atoms with Gasteiger partial charge < -0.3 is 9.40 Å². The molecule has 0 amide bonds. The van der Waals surface area contributed by atoms with E-state index < -0.39 is 0 Å². The van der Waals surface area contributed by atoms with E-state index in [2.05, 4.69) is 20.9 Å². The Kier molecular flexibility index (Phi) is 2.59. The summed E-state index contributed by atoms with van der Waals surface area (Å²) in [5.41, 5.74) is 2.33. The normalized spacial score (nSPS) is 11.0. The maximum absolute atomic E-state index is 11.9. The summed E-state index contributed by atoms with van der Waals surface area (Å²) in [4.78, 5) is 15.1. The van der Waals surface area contributed by atoms with Gasteiger partial charge in [-0.25, -0.2) is 0 Å². The molecule has 0 atom stereocenters. The summed E-state index contributed by atoms with van der Waals surface area (Å²) >= 11 is 3.43. The zero-order valence-electron chi connectivity index (χ0n) is 9.66. The maximum atomic E-state index is 11.9. The largest absolute Gasteiger partial charge is 0.463 e. The lowest BCUT2D eigenvalue weighted by Crippen LogP contribution is -1.93. The first-order valence-electron chi connectivity index (χ1n) is 5.53. The van der Waals surface area contributed by atoms with Gasteiger partial charge in [-0.05, 0) is 37.3 Å². The number of carbonyl (C=O) groups excluding carboxylic acids is 1. The second-order valence-corrected chi connectivity index (χ2v) is 5.01. The molecule has 0 saturated carbocycles. The quantitative estimate of drug-likeness (QED) is 0.714. The van der Waals surface area contributed by atoms with Crippen LogP contribution in [-0.2, 0) is 0 Å². The molecule has 3 aromatic rings. The Morgan fingerprint density at radius 3 is 2.83 bits per heavy atom. The lowest BCUT2D eigenvalue weighted by molar-refractivity contribution is 0.101. The summed E-state index contributed by atoms with van der Waals surface area (Å²) in [5.74, 6) is 0.693. The van der Waals surface area contributed by atoms with E-state index in [1.54, 1.807) is 19.3 Å². The number of rotatable bonds is 2. The molecule has 0 aliphatic heterocycles. The molecule has 1 aromatic carbocycles. The van der Waals surface area contributed by atoms with Gasteiger partial charge in [0.2, 0.25) is 0 Å². The number of ketones is 1. The van der Waals surface area contributed by atoms with E-state index in [-0.39, 0.29) is 5.78 Å². The highest BCUT2D eigenvalue weighted by molar-refractivity contribution is 9.10. The first kappa shape index (κ1) is 11.3. The summed E-state index contributed by atoms with van der Waals surface area (Å²) in [5, 5.41) is 0.906. The van der Waals surface area contributed by atoms with Crippen LogP contribution in [-0.4, -0.2) is 10.8 Å². The number of aromatic nitrogens is 1. The fraction of sp³-hybridized carbons (Fsp3) is 0.0714. The van der Waals surface area contributed by atoms with Crippen LogP contribution in [0.2, 0.25) is 0 Å². The van der Waals surface area contributed by atoms with Crippen molar-refractivity contribution in [2.45, 2.75) is 6.92 Å². The zero-order chi connectivity index (χ0) is 12.7. The molecule has 3 nitrogen and oxygen atoms in total. The second-order valence-electron chi connectivity index (χ2n) is 4.10. The molecule has 0 radical (unpaired) electrons. The average molecular weight is 304 g/mol. The van der Waals surface area contributed by atoms with Crippen LogP contribution in [0.5, 0.6) is 0 Å². The monoisotopic (exact) mass is 303 g/mol. The van der Waals surface area contributed by atoms with Gasteiger partial charge in [0.05, 0.1) is 17.5 Å². The van der Waals surface area contributed by atoms with Crippen molar-refractivity contribution in [3.05, 3.63) is 46.6 Å². The summed E-state index contributed by atoms with van der Waals surface area (Å²) in [6.45, 7) is 1.57. The van der Waals surface area contributed by atoms with Crippen molar-refractivity contribution < 1.29 is 9.21 Å². The highest BCUT2D eigenvalue weighted by Gasteiger charge is 2.18. The summed E-state index contributed by atoms with van der Waals surface area (Å²) < 4.78 is 6.32. The van der Waals surface area contributed by atoms with Gasteiger partial charge in [0.25, 0.3) is 0 Å². The predicted octanol–water partition coefficient (Wildman–Crippen LogP) is 4.39. The lowest BCUT2D eigenvalue weighted by atomic mass is 10.1. The molecule has 1 N–H and O–H groups in total.